The van der Waals surface area contributed by atoms with Crippen molar-refractivity contribution in [3.63, 3.8) is 0 Å². The van der Waals surface area contributed by atoms with Crippen LogP contribution in [0.5, 0.6) is 0 Å². The number of aldehydes is 1. The first-order valence-corrected chi connectivity index (χ1v) is 9.34. The fourth-order valence-corrected chi connectivity index (χ4v) is 3.88. The molecule has 1 heterocycles. The minimum absolute atomic E-state index is 0.0311. The van der Waals surface area contributed by atoms with E-state index in [-0.39, 0.29) is 17.6 Å². The first-order chi connectivity index (χ1) is 12.5. The van der Waals surface area contributed by atoms with Crippen LogP contribution in [-0.2, 0) is 4.79 Å². The summed E-state index contributed by atoms with van der Waals surface area (Å²) >= 11 is 3.31. The van der Waals surface area contributed by atoms with E-state index >= 15 is 0 Å². The molecule has 0 aliphatic carbocycles. The average Bonchev–Trinajstić information content (AvgIpc) is 2.64. The van der Waals surface area contributed by atoms with E-state index < -0.39 is 0 Å². The lowest BCUT2D eigenvalue weighted by molar-refractivity contribution is -0.120. The number of benzene rings is 2. The molecule has 1 fully saturated rings. The van der Waals surface area contributed by atoms with Gasteiger partial charge in [0.15, 0.2) is 0 Å². The van der Waals surface area contributed by atoms with Crippen molar-refractivity contribution in [2.45, 2.75) is 19.8 Å². The predicted molar refractivity (Wildman–Crippen MR) is 104 cm³/mol. The van der Waals surface area contributed by atoms with Crippen LogP contribution in [0.15, 0.2) is 40.9 Å². The van der Waals surface area contributed by atoms with E-state index in [1.165, 1.54) is 12.1 Å². The van der Waals surface area contributed by atoms with E-state index in [0.717, 1.165) is 37.9 Å². The van der Waals surface area contributed by atoms with E-state index in [4.69, 9.17) is 0 Å². The van der Waals surface area contributed by atoms with E-state index in [1.807, 2.05) is 12.1 Å². The van der Waals surface area contributed by atoms with Gasteiger partial charge in [-0.1, -0.05) is 0 Å². The number of hydrogen-bond acceptors (Lipinski definition) is 3. The molecule has 1 amide bonds. The van der Waals surface area contributed by atoms with Crippen LogP contribution in [0.4, 0.5) is 15.8 Å². The Balaban J connectivity index is 1.61. The van der Waals surface area contributed by atoms with E-state index in [2.05, 4.69) is 26.1 Å². The van der Waals surface area contributed by atoms with Gasteiger partial charge in [-0.05, 0) is 77.7 Å². The molecule has 6 heteroatoms. The Morgan fingerprint density at radius 3 is 2.46 bits per heavy atom. The molecule has 26 heavy (non-hydrogen) atoms. The van der Waals surface area contributed by atoms with Crippen LogP contribution < -0.4 is 10.2 Å². The lowest BCUT2D eigenvalue weighted by atomic mass is 9.95. The molecule has 1 saturated heterocycles. The van der Waals surface area contributed by atoms with Crippen molar-refractivity contribution in [1.82, 2.24) is 0 Å². The number of anilines is 2. The summed E-state index contributed by atoms with van der Waals surface area (Å²) in [5, 5.41) is 2.94. The van der Waals surface area contributed by atoms with Crippen molar-refractivity contribution in [2.24, 2.45) is 5.92 Å². The Morgan fingerprint density at radius 2 is 1.88 bits per heavy atom. The highest BCUT2D eigenvalue weighted by molar-refractivity contribution is 9.10. The molecule has 0 atom stereocenters. The molecular formula is C20H20BrFN2O2. The molecule has 1 N–H and O–H groups in total. The number of piperidine rings is 1. The number of nitrogens with one attached hydrogen (secondary N) is 1. The Hall–Kier alpha value is -2.21. The summed E-state index contributed by atoms with van der Waals surface area (Å²) in [6.07, 6.45) is 2.33. The summed E-state index contributed by atoms with van der Waals surface area (Å²) in [4.78, 5) is 25.6. The van der Waals surface area contributed by atoms with E-state index in [9.17, 15) is 14.0 Å². The lowest BCUT2D eigenvalue weighted by Gasteiger charge is -2.33. The molecule has 0 spiro atoms. The van der Waals surface area contributed by atoms with Crippen molar-refractivity contribution in [3.8, 4) is 0 Å². The molecule has 136 valence electrons. The van der Waals surface area contributed by atoms with E-state index in [1.54, 1.807) is 19.1 Å². The second-order valence-electron chi connectivity index (χ2n) is 6.54. The van der Waals surface area contributed by atoms with Gasteiger partial charge in [-0.15, -0.1) is 0 Å². The number of hydrogen-bond donors (Lipinski definition) is 1. The van der Waals surface area contributed by atoms with Gasteiger partial charge >= 0.3 is 0 Å². The minimum atomic E-state index is -0.332. The van der Waals surface area contributed by atoms with Crippen molar-refractivity contribution >= 4 is 39.5 Å². The summed E-state index contributed by atoms with van der Waals surface area (Å²) in [5.41, 5.74) is 3.04. The van der Waals surface area contributed by atoms with Crippen LogP contribution in [0, 0.1) is 18.7 Å². The zero-order valence-electron chi connectivity index (χ0n) is 14.5. The average molecular weight is 419 g/mol. The summed E-state index contributed by atoms with van der Waals surface area (Å²) in [6.45, 7) is 3.33. The summed E-state index contributed by atoms with van der Waals surface area (Å²) in [7, 11) is 0. The lowest BCUT2D eigenvalue weighted by Crippen LogP contribution is -2.38. The molecule has 2 aromatic rings. The summed E-state index contributed by atoms with van der Waals surface area (Å²) < 4.78 is 13.9. The maximum Gasteiger partial charge on any atom is 0.227 e. The Morgan fingerprint density at radius 1 is 1.23 bits per heavy atom. The van der Waals surface area contributed by atoms with Gasteiger partial charge in [0.1, 0.15) is 12.1 Å². The molecule has 0 bridgehead atoms. The van der Waals surface area contributed by atoms with Crippen molar-refractivity contribution in [2.75, 3.05) is 23.3 Å². The monoisotopic (exact) mass is 418 g/mol. The molecule has 0 aromatic heterocycles. The third-order valence-electron chi connectivity index (χ3n) is 4.76. The predicted octanol–water partition coefficient (Wildman–Crippen LogP) is 4.56. The maximum absolute atomic E-state index is 13.4. The van der Waals surface area contributed by atoms with Crippen molar-refractivity contribution in [1.29, 1.82) is 0 Å². The molecule has 0 saturated carbocycles. The first kappa shape index (κ1) is 18.6. The third kappa shape index (κ3) is 4.12. The normalized spacial score (nSPS) is 15.0. The van der Waals surface area contributed by atoms with Crippen LogP contribution in [0.25, 0.3) is 0 Å². The second kappa shape index (κ2) is 7.99. The van der Waals surface area contributed by atoms with Crippen LogP contribution in [-0.4, -0.2) is 25.3 Å². The van der Waals surface area contributed by atoms with Crippen molar-refractivity contribution in [3.05, 3.63) is 57.8 Å². The topological polar surface area (TPSA) is 49.4 Å². The molecule has 0 unspecified atom stereocenters. The van der Waals surface area contributed by atoms with Gasteiger partial charge in [-0.25, -0.2) is 4.39 Å². The van der Waals surface area contributed by atoms with E-state index in [0.29, 0.717) is 21.3 Å². The smallest absolute Gasteiger partial charge is 0.227 e. The highest BCUT2D eigenvalue weighted by Crippen LogP contribution is 2.30. The standard InChI is InChI=1S/C20H20BrFN2O2/c1-13-10-16(22)11-18(21)19(13)23-20(26)15-6-8-24(9-7-15)17-4-2-14(12-25)3-5-17/h2-5,10-12,15H,6-9H2,1H3,(H,23,26). The zero-order valence-corrected chi connectivity index (χ0v) is 16.1. The highest BCUT2D eigenvalue weighted by Gasteiger charge is 2.26. The van der Waals surface area contributed by atoms with Gasteiger partial charge in [0.2, 0.25) is 5.91 Å². The number of halogens is 2. The van der Waals surface area contributed by atoms with Crippen LogP contribution in [0.1, 0.15) is 28.8 Å². The maximum atomic E-state index is 13.4. The largest absolute Gasteiger partial charge is 0.371 e. The molecule has 4 nitrogen and oxygen atoms in total. The van der Waals surface area contributed by atoms with Crippen LogP contribution in [0.3, 0.4) is 0 Å². The first-order valence-electron chi connectivity index (χ1n) is 8.54. The number of carbonyl (C=O) groups is 2. The van der Waals surface area contributed by atoms with Gasteiger partial charge in [0.05, 0.1) is 5.69 Å². The molecule has 0 radical (unpaired) electrons. The fraction of sp³-hybridized carbons (Fsp3) is 0.300. The van der Waals surface area contributed by atoms with Crippen molar-refractivity contribution < 1.29 is 14.0 Å². The molecular weight excluding hydrogens is 399 g/mol. The fourth-order valence-electron chi connectivity index (χ4n) is 3.25. The quantitative estimate of drug-likeness (QED) is 0.740. The number of amides is 1. The van der Waals surface area contributed by atoms with Gasteiger partial charge in [-0.3, -0.25) is 9.59 Å². The number of nitrogens with zero attached hydrogens (tertiary/aromatic N) is 1. The molecule has 2 aromatic carbocycles. The Labute approximate surface area is 160 Å². The second-order valence-corrected chi connectivity index (χ2v) is 7.39. The zero-order chi connectivity index (χ0) is 18.7. The van der Waals surface area contributed by atoms with Crippen LogP contribution in [0.2, 0.25) is 0 Å². The van der Waals surface area contributed by atoms with Gasteiger partial charge < -0.3 is 10.2 Å². The molecule has 1 aliphatic heterocycles. The summed E-state index contributed by atoms with van der Waals surface area (Å²) in [6, 6.07) is 10.2. The highest BCUT2D eigenvalue weighted by atomic mass is 79.9. The molecule has 1 aliphatic rings. The SMILES string of the molecule is Cc1cc(F)cc(Br)c1NC(=O)C1CCN(c2ccc(C=O)cc2)CC1. The van der Waals surface area contributed by atoms with Gasteiger partial charge in [-0.2, -0.15) is 0 Å². The Kier molecular flexibility index (Phi) is 5.71. The number of aryl methyl sites for hydroxylation is 1. The summed E-state index contributed by atoms with van der Waals surface area (Å²) in [5.74, 6) is -0.436. The van der Waals surface area contributed by atoms with Gasteiger partial charge in [0.25, 0.3) is 0 Å². The third-order valence-corrected chi connectivity index (χ3v) is 5.39. The molecule has 3 rings (SSSR count). The van der Waals surface area contributed by atoms with Gasteiger partial charge in [0, 0.05) is 34.7 Å². The van der Waals surface area contributed by atoms with Crippen LogP contribution >= 0.6 is 15.9 Å². The number of rotatable bonds is 4. The Bertz CT molecular complexity index is 792. The minimum Gasteiger partial charge on any atom is -0.371 e. The number of carbonyl (C=O) groups excluding carboxylic acids is 2.